The molecular formula is C15H23N. The smallest absolute Gasteiger partial charge is 0.0398 e. The molecule has 16 heavy (non-hydrogen) atoms. The van der Waals surface area contributed by atoms with E-state index in [4.69, 9.17) is 0 Å². The van der Waals surface area contributed by atoms with Crippen LogP contribution in [-0.2, 0) is 6.42 Å². The summed E-state index contributed by atoms with van der Waals surface area (Å²) in [6.45, 7) is 7.04. The van der Waals surface area contributed by atoms with Crippen LogP contribution in [0.4, 0.5) is 5.69 Å². The van der Waals surface area contributed by atoms with Crippen LogP contribution in [0.2, 0.25) is 0 Å². The summed E-state index contributed by atoms with van der Waals surface area (Å²) in [6.07, 6.45) is 6.58. The molecule has 0 unspecified atom stereocenters. The first-order chi connectivity index (χ1) is 7.83. The fourth-order valence-electron chi connectivity index (χ4n) is 2.69. The van der Waals surface area contributed by atoms with Crippen LogP contribution in [0.15, 0.2) is 18.2 Å². The molecule has 1 nitrogen and oxygen atoms in total. The number of hydrogen-bond donors (Lipinski definition) is 0. The highest BCUT2D eigenvalue weighted by Gasteiger charge is 2.13. The number of benzene rings is 1. The minimum absolute atomic E-state index is 1.22. The lowest BCUT2D eigenvalue weighted by atomic mass is 10.0. The van der Waals surface area contributed by atoms with Gasteiger partial charge in [0.1, 0.15) is 0 Å². The molecule has 1 saturated heterocycles. The van der Waals surface area contributed by atoms with Crippen LogP contribution < -0.4 is 4.90 Å². The highest BCUT2D eigenvalue weighted by atomic mass is 15.1. The first-order valence-corrected chi connectivity index (χ1v) is 6.66. The maximum absolute atomic E-state index is 2.57. The van der Waals surface area contributed by atoms with E-state index in [1.807, 2.05) is 0 Å². The van der Waals surface area contributed by atoms with E-state index in [0.29, 0.717) is 0 Å². The third kappa shape index (κ3) is 2.40. The zero-order valence-electron chi connectivity index (χ0n) is 10.6. The van der Waals surface area contributed by atoms with E-state index in [9.17, 15) is 0 Å². The summed E-state index contributed by atoms with van der Waals surface area (Å²) in [4.78, 5) is 2.57. The summed E-state index contributed by atoms with van der Waals surface area (Å²) < 4.78 is 0. The van der Waals surface area contributed by atoms with E-state index in [1.54, 1.807) is 0 Å². The largest absolute Gasteiger partial charge is 0.371 e. The van der Waals surface area contributed by atoms with E-state index >= 15 is 0 Å². The molecule has 0 amide bonds. The maximum Gasteiger partial charge on any atom is 0.0398 e. The molecule has 1 aromatic carbocycles. The van der Waals surface area contributed by atoms with Gasteiger partial charge in [-0.2, -0.15) is 0 Å². The summed E-state index contributed by atoms with van der Waals surface area (Å²) in [5, 5.41) is 0. The molecule has 0 saturated carbocycles. The lowest BCUT2D eigenvalue weighted by Gasteiger charge is -2.30. The minimum atomic E-state index is 1.22. The molecule has 0 spiro atoms. The SMILES string of the molecule is CCCc1cccc(N2CCCCC2)c1C. The Labute approximate surface area is 99.5 Å². The second kappa shape index (κ2) is 5.38. The molecule has 2 rings (SSSR count). The van der Waals surface area contributed by atoms with Crippen molar-refractivity contribution in [3.8, 4) is 0 Å². The van der Waals surface area contributed by atoms with Gasteiger partial charge in [-0.1, -0.05) is 25.5 Å². The van der Waals surface area contributed by atoms with Gasteiger partial charge < -0.3 is 4.90 Å². The van der Waals surface area contributed by atoms with Gasteiger partial charge in [-0.05, 0) is 49.8 Å². The Kier molecular flexibility index (Phi) is 3.87. The van der Waals surface area contributed by atoms with Crippen LogP contribution in [0.3, 0.4) is 0 Å². The van der Waals surface area contributed by atoms with Crippen LogP contribution in [0.1, 0.15) is 43.7 Å². The molecule has 1 heterocycles. The maximum atomic E-state index is 2.57. The van der Waals surface area contributed by atoms with Crippen molar-refractivity contribution in [2.24, 2.45) is 0 Å². The number of aryl methyl sites for hydroxylation is 1. The fourth-order valence-corrected chi connectivity index (χ4v) is 2.69. The molecule has 1 aliphatic heterocycles. The molecule has 1 aromatic rings. The second-order valence-corrected chi connectivity index (χ2v) is 4.86. The monoisotopic (exact) mass is 217 g/mol. The van der Waals surface area contributed by atoms with Crippen molar-refractivity contribution in [1.29, 1.82) is 0 Å². The van der Waals surface area contributed by atoms with Gasteiger partial charge >= 0.3 is 0 Å². The summed E-state index contributed by atoms with van der Waals surface area (Å²) in [7, 11) is 0. The Hall–Kier alpha value is -0.980. The number of nitrogens with zero attached hydrogens (tertiary/aromatic N) is 1. The van der Waals surface area contributed by atoms with Crippen molar-refractivity contribution < 1.29 is 0 Å². The van der Waals surface area contributed by atoms with Gasteiger partial charge in [0.15, 0.2) is 0 Å². The van der Waals surface area contributed by atoms with Crippen LogP contribution >= 0.6 is 0 Å². The van der Waals surface area contributed by atoms with E-state index < -0.39 is 0 Å². The molecule has 0 radical (unpaired) electrons. The number of anilines is 1. The second-order valence-electron chi connectivity index (χ2n) is 4.86. The summed E-state index contributed by atoms with van der Waals surface area (Å²) in [5.41, 5.74) is 4.52. The van der Waals surface area contributed by atoms with Crippen molar-refractivity contribution in [1.82, 2.24) is 0 Å². The van der Waals surface area contributed by atoms with Crippen LogP contribution in [0.25, 0.3) is 0 Å². The number of hydrogen-bond acceptors (Lipinski definition) is 1. The van der Waals surface area contributed by atoms with Gasteiger partial charge in [-0.3, -0.25) is 0 Å². The first-order valence-electron chi connectivity index (χ1n) is 6.66. The Morgan fingerprint density at radius 1 is 1.12 bits per heavy atom. The predicted octanol–water partition coefficient (Wildman–Crippen LogP) is 3.94. The Balaban J connectivity index is 2.22. The Bertz CT molecular complexity index is 337. The topological polar surface area (TPSA) is 3.24 Å². The van der Waals surface area contributed by atoms with E-state index in [-0.39, 0.29) is 0 Å². The van der Waals surface area contributed by atoms with Crippen LogP contribution in [0.5, 0.6) is 0 Å². The molecule has 1 fully saturated rings. The van der Waals surface area contributed by atoms with Gasteiger partial charge in [-0.15, -0.1) is 0 Å². The molecule has 0 atom stereocenters. The normalized spacial score (nSPS) is 16.5. The summed E-state index contributed by atoms with van der Waals surface area (Å²) >= 11 is 0. The summed E-state index contributed by atoms with van der Waals surface area (Å²) in [5.74, 6) is 0. The third-order valence-corrected chi connectivity index (χ3v) is 3.63. The van der Waals surface area contributed by atoms with Gasteiger partial charge in [-0.25, -0.2) is 0 Å². The van der Waals surface area contributed by atoms with Crippen molar-refractivity contribution >= 4 is 5.69 Å². The van der Waals surface area contributed by atoms with Gasteiger partial charge in [0, 0.05) is 18.8 Å². The molecule has 0 N–H and O–H groups in total. The lowest BCUT2D eigenvalue weighted by Crippen LogP contribution is -2.30. The van der Waals surface area contributed by atoms with Crippen molar-refractivity contribution in [3.63, 3.8) is 0 Å². The molecule has 88 valence electrons. The number of rotatable bonds is 3. The molecule has 0 bridgehead atoms. The Morgan fingerprint density at radius 3 is 2.56 bits per heavy atom. The minimum Gasteiger partial charge on any atom is -0.371 e. The highest BCUT2D eigenvalue weighted by Crippen LogP contribution is 2.26. The summed E-state index contributed by atoms with van der Waals surface area (Å²) in [6, 6.07) is 6.80. The number of piperidine rings is 1. The predicted molar refractivity (Wildman–Crippen MR) is 71.2 cm³/mol. The van der Waals surface area contributed by atoms with Gasteiger partial charge in [0.25, 0.3) is 0 Å². The zero-order chi connectivity index (χ0) is 11.4. The van der Waals surface area contributed by atoms with Crippen molar-refractivity contribution in [2.45, 2.75) is 46.0 Å². The van der Waals surface area contributed by atoms with E-state index in [2.05, 4.69) is 36.9 Å². The Morgan fingerprint density at radius 2 is 1.88 bits per heavy atom. The van der Waals surface area contributed by atoms with Crippen molar-refractivity contribution in [2.75, 3.05) is 18.0 Å². The zero-order valence-corrected chi connectivity index (χ0v) is 10.6. The van der Waals surface area contributed by atoms with E-state index in [0.717, 1.165) is 0 Å². The molecule has 1 heteroatoms. The standard InChI is InChI=1S/C15H23N/c1-3-8-14-9-7-10-15(13(14)2)16-11-5-4-6-12-16/h7,9-10H,3-6,8,11-12H2,1-2H3. The highest BCUT2D eigenvalue weighted by molar-refractivity contribution is 5.56. The molecule has 0 aromatic heterocycles. The van der Waals surface area contributed by atoms with E-state index in [1.165, 1.54) is 62.0 Å². The van der Waals surface area contributed by atoms with Crippen LogP contribution in [0, 0.1) is 6.92 Å². The van der Waals surface area contributed by atoms with Crippen molar-refractivity contribution in [3.05, 3.63) is 29.3 Å². The van der Waals surface area contributed by atoms with Crippen LogP contribution in [-0.4, -0.2) is 13.1 Å². The average molecular weight is 217 g/mol. The van der Waals surface area contributed by atoms with Gasteiger partial charge in [0.05, 0.1) is 0 Å². The lowest BCUT2D eigenvalue weighted by molar-refractivity contribution is 0.577. The van der Waals surface area contributed by atoms with Gasteiger partial charge in [0.2, 0.25) is 0 Å². The first kappa shape index (κ1) is 11.5. The molecular weight excluding hydrogens is 194 g/mol. The fraction of sp³-hybridized carbons (Fsp3) is 0.600. The quantitative estimate of drug-likeness (QED) is 0.741. The molecule has 0 aliphatic carbocycles. The molecule has 1 aliphatic rings. The average Bonchev–Trinajstić information content (AvgIpc) is 2.33. The third-order valence-electron chi connectivity index (χ3n) is 3.63.